The van der Waals surface area contributed by atoms with Gasteiger partial charge in [0.05, 0.1) is 29.4 Å². The third kappa shape index (κ3) is 3.60. The largest absolute Gasteiger partial charge is 0.462 e. The average Bonchev–Trinajstić information content (AvgIpc) is 2.36. The van der Waals surface area contributed by atoms with Gasteiger partial charge in [-0.2, -0.15) is 14.0 Å². The second kappa shape index (κ2) is 6.75. The quantitative estimate of drug-likeness (QED) is 0.617. The van der Waals surface area contributed by atoms with Crippen molar-refractivity contribution < 1.29 is 31.8 Å². The van der Waals surface area contributed by atoms with Crippen LogP contribution in [0.3, 0.4) is 0 Å². The zero-order valence-electron chi connectivity index (χ0n) is 10.2. The Morgan fingerprint density at radius 1 is 1.35 bits per heavy atom. The summed E-state index contributed by atoms with van der Waals surface area (Å²) in [6.07, 6.45) is -3.20. The lowest BCUT2D eigenvalue weighted by atomic mass is 10.0. The molecule has 20 heavy (non-hydrogen) atoms. The lowest BCUT2D eigenvalue weighted by molar-refractivity contribution is -0.0520. The minimum absolute atomic E-state index is 0.00234. The van der Waals surface area contributed by atoms with Crippen LogP contribution >= 0.6 is 0 Å². The van der Waals surface area contributed by atoms with Crippen molar-refractivity contribution in [2.45, 2.75) is 20.0 Å². The molecule has 0 atom stereocenters. The van der Waals surface area contributed by atoms with Gasteiger partial charge in [-0.05, 0) is 19.1 Å². The number of nitrogens with zero attached hydrogens (tertiary/aromatic N) is 1. The van der Waals surface area contributed by atoms with Gasteiger partial charge in [-0.3, -0.25) is 0 Å². The third-order valence-corrected chi connectivity index (χ3v) is 2.21. The highest BCUT2D eigenvalue weighted by Crippen LogP contribution is 2.34. The van der Waals surface area contributed by atoms with Crippen LogP contribution in [0.4, 0.5) is 17.6 Å². The van der Waals surface area contributed by atoms with Crippen LogP contribution in [0.2, 0.25) is 0 Å². The number of rotatable bonds is 5. The van der Waals surface area contributed by atoms with Crippen LogP contribution in [0.5, 0.6) is 5.75 Å². The van der Waals surface area contributed by atoms with Crippen molar-refractivity contribution in [3.05, 3.63) is 28.8 Å². The summed E-state index contributed by atoms with van der Waals surface area (Å²) in [7, 11) is 0. The normalized spacial score (nSPS) is 10.5. The maximum absolute atomic E-state index is 12.8. The molecule has 0 aliphatic carbocycles. The number of ether oxygens (including phenoxy) is 2. The predicted molar refractivity (Wildman–Crippen MR) is 58.7 cm³/mol. The Bertz CT molecular complexity index is 540. The number of nitriles is 1. The van der Waals surface area contributed by atoms with Gasteiger partial charge in [-0.1, -0.05) is 0 Å². The average molecular weight is 291 g/mol. The molecule has 0 spiro atoms. The molecule has 0 N–H and O–H groups in total. The Labute approximate surface area is 111 Å². The Morgan fingerprint density at radius 2 is 2.00 bits per heavy atom. The predicted octanol–water partition coefficient (Wildman–Crippen LogP) is 3.27. The minimum atomic E-state index is -3.36. The van der Waals surface area contributed by atoms with E-state index in [1.165, 1.54) is 13.0 Å². The Hall–Kier alpha value is -2.30. The van der Waals surface area contributed by atoms with Gasteiger partial charge in [0.25, 0.3) is 6.43 Å². The second-order valence-electron chi connectivity index (χ2n) is 3.45. The van der Waals surface area contributed by atoms with Crippen LogP contribution < -0.4 is 4.74 Å². The molecule has 0 heterocycles. The summed E-state index contributed by atoms with van der Waals surface area (Å²) in [4.78, 5) is 11.5. The number of benzene rings is 1. The van der Waals surface area contributed by atoms with E-state index in [0.29, 0.717) is 6.07 Å². The molecule has 0 saturated heterocycles. The van der Waals surface area contributed by atoms with E-state index in [4.69, 9.17) is 5.26 Å². The molecule has 0 amide bonds. The van der Waals surface area contributed by atoms with E-state index in [-0.39, 0.29) is 12.2 Å². The first kappa shape index (κ1) is 15.8. The maximum atomic E-state index is 12.8. The van der Waals surface area contributed by atoms with Gasteiger partial charge in [0.2, 0.25) is 0 Å². The fraction of sp³-hybridized carbons (Fsp3) is 0.333. The van der Waals surface area contributed by atoms with Crippen LogP contribution in [0.1, 0.15) is 34.8 Å². The van der Waals surface area contributed by atoms with Crippen molar-refractivity contribution in [2.24, 2.45) is 0 Å². The summed E-state index contributed by atoms with van der Waals surface area (Å²) in [6.45, 7) is -1.85. The Balaban J connectivity index is 3.39. The van der Waals surface area contributed by atoms with E-state index in [0.717, 1.165) is 6.07 Å². The second-order valence-corrected chi connectivity index (χ2v) is 3.45. The number of carbonyl (C=O) groups excluding carboxylic acids is 1. The van der Waals surface area contributed by atoms with Crippen molar-refractivity contribution in [1.82, 2.24) is 0 Å². The smallest absolute Gasteiger partial charge is 0.387 e. The first-order valence-electron chi connectivity index (χ1n) is 5.38. The molecule has 0 aliphatic rings. The lowest BCUT2D eigenvalue weighted by Crippen LogP contribution is -2.10. The number of esters is 1. The van der Waals surface area contributed by atoms with Gasteiger partial charge in [0.15, 0.2) is 0 Å². The monoisotopic (exact) mass is 291 g/mol. The van der Waals surface area contributed by atoms with Gasteiger partial charge in [0.1, 0.15) is 5.75 Å². The molecular formula is C12H9F4NO3. The molecule has 1 aromatic carbocycles. The Morgan fingerprint density at radius 3 is 2.45 bits per heavy atom. The molecule has 0 unspecified atom stereocenters. The van der Waals surface area contributed by atoms with Crippen LogP contribution in [0.15, 0.2) is 12.1 Å². The topological polar surface area (TPSA) is 59.3 Å². The zero-order chi connectivity index (χ0) is 15.3. The first-order chi connectivity index (χ1) is 9.40. The molecule has 0 fully saturated rings. The van der Waals surface area contributed by atoms with Crippen molar-refractivity contribution in [3.8, 4) is 11.8 Å². The third-order valence-electron chi connectivity index (χ3n) is 2.21. The van der Waals surface area contributed by atoms with E-state index < -0.39 is 35.9 Å². The number of hydrogen-bond donors (Lipinski definition) is 0. The van der Waals surface area contributed by atoms with Crippen LogP contribution in [-0.2, 0) is 4.74 Å². The fourth-order valence-electron chi connectivity index (χ4n) is 1.47. The molecule has 4 nitrogen and oxygen atoms in total. The van der Waals surface area contributed by atoms with Crippen LogP contribution in [-0.4, -0.2) is 19.2 Å². The van der Waals surface area contributed by atoms with Gasteiger partial charge in [0, 0.05) is 0 Å². The van der Waals surface area contributed by atoms with E-state index >= 15 is 0 Å². The number of alkyl halides is 4. The van der Waals surface area contributed by atoms with Crippen LogP contribution in [0, 0.1) is 11.3 Å². The highest BCUT2D eigenvalue weighted by Gasteiger charge is 2.24. The number of hydrogen-bond acceptors (Lipinski definition) is 4. The van der Waals surface area contributed by atoms with E-state index in [1.807, 2.05) is 0 Å². The molecule has 1 rings (SSSR count). The summed E-state index contributed by atoms with van der Waals surface area (Å²) in [5.74, 6) is -1.85. The van der Waals surface area contributed by atoms with Gasteiger partial charge in [-0.15, -0.1) is 0 Å². The van der Waals surface area contributed by atoms with E-state index in [2.05, 4.69) is 9.47 Å². The standard InChI is InChI=1S/C12H9F4NO3/c1-2-19-11(18)6-3-7(5-17)9(10(13)14)8(4-6)20-12(15)16/h3-4,10,12H,2H2,1H3. The SMILES string of the molecule is CCOC(=O)c1cc(C#N)c(C(F)F)c(OC(F)F)c1. The summed E-state index contributed by atoms with van der Waals surface area (Å²) in [6, 6.07) is 2.96. The van der Waals surface area contributed by atoms with Gasteiger partial charge < -0.3 is 9.47 Å². The van der Waals surface area contributed by atoms with Gasteiger partial charge in [-0.25, -0.2) is 13.6 Å². The van der Waals surface area contributed by atoms with E-state index in [1.54, 1.807) is 0 Å². The highest BCUT2D eigenvalue weighted by molar-refractivity contribution is 5.90. The number of carbonyl (C=O) groups is 1. The van der Waals surface area contributed by atoms with Gasteiger partial charge >= 0.3 is 12.6 Å². The molecule has 0 saturated carbocycles. The van der Waals surface area contributed by atoms with Crippen molar-refractivity contribution in [3.63, 3.8) is 0 Å². The van der Waals surface area contributed by atoms with Crippen LogP contribution in [0.25, 0.3) is 0 Å². The summed E-state index contributed by atoms with van der Waals surface area (Å²) < 4.78 is 58.6. The van der Waals surface area contributed by atoms with Crippen molar-refractivity contribution in [1.29, 1.82) is 5.26 Å². The maximum Gasteiger partial charge on any atom is 0.387 e. The fourth-order valence-corrected chi connectivity index (χ4v) is 1.47. The highest BCUT2D eigenvalue weighted by atomic mass is 19.3. The minimum Gasteiger partial charge on any atom is -0.462 e. The summed E-state index contributed by atoms with van der Waals surface area (Å²) in [5, 5.41) is 8.78. The molecule has 108 valence electrons. The molecule has 0 aromatic heterocycles. The zero-order valence-corrected chi connectivity index (χ0v) is 10.2. The first-order valence-corrected chi connectivity index (χ1v) is 5.38. The molecule has 1 aromatic rings. The summed E-state index contributed by atoms with van der Waals surface area (Å²) in [5.41, 5.74) is -1.93. The molecular weight excluding hydrogens is 282 g/mol. The van der Waals surface area contributed by atoms with E-state index in [9.17, 15) is 22.4 Å². The van der Waals surface area contributed by atoms with Crippen molar-refractivity contribution in [2.75, 3.05) is 6.61 Å². The number of halogens is 4. The summed E-state index contributed by atoms with van der Waals surface area (Å²) >= 11 is 0. The van der Waals surface area contributed by atoms with Crippen molar-refractivity contribution >= 4 is 5.97 Å². The molecule has 8 heteroatoms. The lowest BCUT2D eigenvalue weighted by Gasteiger charge is -2.13. The molecule has 0 radical (unpaired) electrons. The molecule has 0 bridgehead atoms. The molecule has 0 aliphatic heterocycles. The Kier molecular flexibility index (Phi) is 5.32.